The van der Waals surface area contributed by atoms with E-state index >= 15 is 0 Å². The summed E-state index contributed by atoms with van der Waals surface area (Å²) in [6.07, 6.45) is 1.51. The van der Waals surface area contributed by atoms with Gasteiger partial charge in [-0.1, -0.05) is 42.5 Å². The number of fused-ring (bicyclic) bond motifs is 1. The highest BCUT2D eigenvalue weighted by Crippen LogP contribution is 2.29. The van der Waals surface area contributed by atoms with Crippen molar-refractivity contribution in [2.75, 3.05) is 14.2 Å². The highest BCUT2D eigenvalue weighted by Gasteiger charge is 2.19. The first kappa shape index (κ1) is 18.9. The summed E-state index contributed by atoms with van der Waals surface area (Å²) in [5.41, 5.74) is 3.76. The Morgan fingerprint density at radius 3 is 2.54 bits per heavy atom. The van der Waals surface area contributed by atoms with Crippen LogP contribution in [0, 0.1) is 11.3 Å². The molecule has 0 unspecified atom stereocenters. The third-order valence-corrected chi connectivity index (χ3v) is 4.34. The van der Waals surface area contributed by atoms with E-state index in [-0.39, 0.29) is 0 Å². The molecule has 0 saturated carbocycles. The van der Waals surface area contributed by atoms with Gasteiger partial charge in [0.15, 0.2) is 5.92 Å². The summed E-state index contributed by atoms with van der Waals surface area (Å²) in [5, 5.41) is 15.3. The van der Waals surface area contributed by atoms with Gasteiger partial charge in [-0.25, -0.2) is 5.43 Å². The maximum Gasteiger partial charge on any atom is 0.261 e. The lowest BCUT2D eigenvalue weighted by atomic mass is 10.0. The number of methoxy groups -OCH3 is 2. The van der Waals surface area contributed by atoms with E-state index in [1.165, 1.54) is 6.21 Å². The quantitative estimate of drug-likeness (QED) is 0.528. The molecule has 0 aliphatic heterocycles. The molecule has 140 valence electrons. The molecule has 3 rings (SSSR count). The first-order valence-corrected chi connectivity index (χ1v) is 8.60. The van der Waals surface area contributed by atoms with Crippen LogP contribution < -0.4 is 14.9 Å². The Labute approximate surface area is 163 Å². The van der Waals surface area contributed by atoms with Crippen LogP contribution >= 0.6 is 0 Å². The fraction of sp³-hybridized carbons (Fsp3) is 0.136. The molecule has 1 N–H and O–H groups in total. The van der Waals surface area contributed by atoms with Crippen molar-refractivity contribution in [3.05, 3.63) is 71.8 Å². The van der Waals surface area contributed by atoms with Crippen LogP contribution in [0.15, 0.2) is 65.8 Å². The van der Waals surface area contributed by atoms with E-state index in [9.17, 15) is 10.1 Å². The maximum atomic E-state index is 12.4. The zero-order valence-electron chi connectivity index (χ0n) is 15.5. The Kier molecular flexibility index (Phi) is 5.87. The van der Waals surface area contributed by atoms with Crippen molar-refractivity contribution in [3.63, 3.8) is 0 Å². The molecule has 0 heterocycles. The van der Waals surface area contributed by atoms with E-state index in [2.05, 4.69) is 10.5 Å². The number of nitrogens with zero attached hydrogens (tertiary/aromatic N) is 2. The standard InChI is InChI=1S/C22H19N3O3/c1-27-17-10-8-16-9-11-21(28-2)20(18(16)12-17)14-24-25-22(26)19(13-23)15-6-4-3-5-7-15/h3-12,14,19H,1-2H3,(H,25,26)/b24-14-/t19-/m1/s1. The molecule has 0 spiro atoms. The van der Waals surface area contributed by atoms with Crippen molar-refractivity contribution in [2.24, 2.45) is 5.10 Å². The van der Waals surface area contributed by atoms with Gasteiger partial charge in [0.05, 0.1) is 26.5 Å². The number of hydrogen-bond acceptors (Lipinski definition) is 5. The van der Waals surface area contributed by atoms with Gasteiger partial charge in [-0.05, 0) is 34.5 Å². The van der Waals surface area contributed by atoms with Crippen LogP contribution in [0.1, 0.15) is 17.0 Å². The number of rotatable bonds is 6. The molecule has 0 saturated heterocycles. The summed E-state index contributed by atoms with van der Waals surface area (Å²) in [6, 6.07) is 20.3. The maximum absolute atomic E-state index is 12.4. The van der Waals surface area contributed by atoms with Crippen LogP contribution in [-0.4, -0.2) is 26.3 Å². The van der Waals surface area contributed by atoms with Gasteiger partial charge in [0.1, 0.15) is 11.5 Å². The van der Waals surface area contributed by atoms with E-state index in [4.69, 9.17) is 9.47 Å². The van der Waals surface area contributed by atoms with Crippen LogP contribution in [0.4, 0.5) is 0 Å². The summed E-state index contributed by atoms with van der Waals surface area (Å²) < 4.78 is 10.7. The predicted molar refractivity (Wildman–Crippen MR) is 108 cm³/mol. The molecule has 6 heteroatoms. The number of hydrogen-bond donors (Lipinski definition) is 1. The lowest BCUT2D eigenvalue weighted by Gasteiger charge is -2.10. The molecule has 1 amide bonds. The summed E-state index contributed by atoms with van der Waals surface area (Å²) in [5.74, 6) is -0.124. The second-order valence-corrected chi connectivity index (χ2v) is 5.98. The number of carbonyl (C=O) groups is 1. The Bertz CT molecular complexity index is 1050. The largest absolute Gasteiger partial charge is 0.497 e. The normalized spacial score (nSPS) is 11.8. The van der Waals surface area contributed by atoms with E-state index in [1.807, 2.05) is 42.5 Å². The van der Waals surface area contributed by atoms with Gasteiger partial charge in [0, 0.05) is 5.56 Å². The highest BCUT2D eigenvalue weighted by atomic mass is 16.5. The Hall–Kier alpha value is -3.85. The van der Waals surface area contributed by atoms with Crippen LogP contribution in [0.2, 0.25) is 0 Å². The monoisotopic (exact) mass is 373 g/mol. The minimum absolute atomic E-state index is 0.498. The van der Waals surface area contributed by atoms with Crippen LogP contribution in [-0.2, 0) is 4.79 Å². The van der Waals surface area contributed by atoms with E-state index in [0.717, 1.165) is 10.8 Å². The minimum Gasteiger partial charge on any atom is -0.497 e. The van der Waals surface area contributed by atoms with Crippen molar-refractivity contribution in [3.8, 4) is 17.6 Å². The van der Waals surface area contributed by atoms with Crippen molar-refractivity contribution < 1.29 is 14.3 Å². The number of nitriles is 1. The summed E-state index contributed by atoms with van der Waals surface area (Å²) >= 11 is 0. The number of carbonyl (C=O) groups excluding carboxylic acids is 1. The first-order chi connectivity index (χ1) is 13.7. The van der Waals surface area contributed by atoms with Gasteiger partial charge in [0.2, 0.25) is 0 Å². The van der Waals surface area contributed by atoms with Crippen molar-refractivity contribution in [1.82, 2.24) is 5.43 Å². The minimum atomic E-state index is -0.937. The number of nitrogens with one attached hydrogen (secondary N) is 1. The smallest absolute Gasteiger partial charge is 0.261 e. The molecular formula is C22H19N3O3. The first-order valence-electron chi connectivity index (χ1n) is 8.60. The van der Waals surface area contributed by atoms with Crippen LogP contribution in [0.5, 0.6) is 11.5 Å². The van der Waals surface area contributed by atoms with E-state index < -0.39 is 11.8 Å². The SMILES string of the molecule is COc1ccc2ccc(OC)c(/C=N\NC(=O)[C@H](C#N)c3ccccc3)c2c1. The third-order valence-electron chi connectivity index (χ3n) is 4.34. The Balaban J connectivity index is 1.88. The van der Waals surface area contributed by atoms with Gasteiger partial charge in [-0.2, -0.15) is 10.4 Å². The molecule has 1 atom stereocenters. The highest BCUT2D eigenvalue weighted by molar-refractivity contribution is 6.03. The van der Waals surface area contributed by atoms with Crippen molar-refractivity contribution >= 4 is 22.9 Å². The second-order valence-electron chi connectivity index (χ2n) is 5.98. The van der Waals surface area contributed by atoms with E-state index in [0.29, 0.717) is 22.6 Å². The summed E-state index contributed by atoms with van der Waals surface area (Å²) in [4.78, 5) is 12.4. The molecule has 0 aliphatic carbocycles. The van der Waals surface area contributed by atoms with E-state index in [1.54, 1.807) is 38.5 Å². The molecule has 3 aromatic carbocycles. The molecule has 6 nitrogen and oxygen atoms in total. The molecule has 3 aromatic rings. The van der Waals surface area contributed by atoms with Crippen LogP contribution in [0.25, 0.3) is 10.8 Å². The second kappa shape index (κ2) is 8.69. The molecule has 28 heavy (non-hydrogen) atoms. The Morgan fingerprint density at radius 1 is 1.11 bits per heavy atom. The average molecular weight is 373 g/mol. The molecule has 0 aromatic heterocycles. The molecule has 0 fully saturated rings. The zero-order chi connectivity index (χ0) is 19.9. The topological polar surface area (TPSA) is 83.7 Å². The fourth-order valence-electron chi connectivity index (χ4n) is 2.90. The van der Waals surface area contributed by atoms with Gasteiger partial charge in [0.25, 0.3) is 5.91 Å². The third kappa shape index (κ3) is 3.94. The van der Waals surface area contributed by atoms with Crippen molar-refractivity contribution in [2.45, 2.75) is 5.92 Å². The van der Waals surface area contributed by atoms with Gasteiger partial charge in [-0.3, -0.25) is 4.79 Å². The fourth-order valence-corrected chi connectivity index (χ4v) is 2.90. The number of benzene rings is 3. The lowest BCUT2D eigenvalue weighted by molar-refractivity contribution is -0.121. The predicted octanol–water partition coefficient (Wildman–Crippen LogP) is 3.61. The van der Waals surface area contributed by atoms with Gasteiger partial charge >= 0.3 is 0 Å². The summed E-state index contributed by atoms with van der Waals surface area (Å²) in [6.45, 7) is 0. The van der Waals surface area contributed by atoms with Gasteiger partial charge < -0.3 is 9.47 Å². The molecule has 0 aliphatic rings. The number of amides is 1. The molecule has 0 radical (unpaired) electrons. The van der Waals surface area contributed by atoms with Crippen LogP contribution in [0.3, 0.4) is 0 Å². The van der Waals surface area contributed by atoms with Crippen molar-refractivity contribution in [1.29, 1.82) is 5.26 Å². The molecular weight excluding hydrogens is 354 g/mol. The summed E-state index contributed by atoms with van der Waals surface area (Å²) in [7, 11) is 3.17. The average Bonchev–Trinajstić information content (AvgIpc) is 2.74. The van der Waals surface area contributed by atoms with Gasteiger partial charge in [-0.15, -0.1) is 0 Å². The Morgan fingerprint density at radius 2 is 1.86 bits per heavy atom. The number of ether oxygens (including phenoxy) is 2. The number of hydrazone groups is 1. The zero-order valence-corrected chi connectivity index (χ0v) is 15.5. The molecule has 0 bridgehead atoms. The lowest BCUT2D eigenvalue weighted by Crippen LogP contribution is -2.24.